The predicted molar refractivity (Wildman–Crippen MR) is 54.9 cm³/mol. The Bertz CT molecular complexity index is 439. The van der Waals surface area contributed by atoms with Crippen LogP contribution in [0.4, 0.5) is 14.5 Å². The van der Waals surface area contributed by atoms with E-state index in [-0.39, 0.29) is 36.4 Å². The molecule has 3 nitrogen and oxygen atoms in total. The summed E-state index contributed by atoms with van der Waals surface area (Å²) in [7, 11) is 0. The molecule has 0 saturated heterocycles. The van der Waals surface area contributed by atoms with Crippen molar-refractivity contribution in [2.24, 2.45) is 0 Å². The van der Waals surface area contributed by atoms with Gasteiger partial charge in [0.1, 0.15) is 18.2 Å². The van der Waals surface area contributed by atoms with Crippen LogP contribution in [0, 0.1) is 11.6 Å². The number of alkyl halides is 1. The third-order valence-corrected chi connectivity index (χ3v) is 2.51. The molecule has 1 aromatic carbocycles. The highest BCUT2D eigenvalue weighted by Crippen LogP contribution is 2.33. The molecule has 0 atom stereocenters. The molecule has 0 radical (unpaired) electrons. The molecule has 2 rings (SSSR count). The van der Waals surface area contributed by atoms with Gasteiger partial charge in [0.15, 0.2) is 11.6 Å². The number of carbonyl (C=O) groups excluding carboxylic acids is 1. The maximum Gasteiger partial charge on any atom is 0.242 e. The number of carbonyl (C=O) groups is 1. The molecule has 16 heavy (non-hydrogen) atoms. The van der Waals surface area contributed by atoms with Crippen molar-refractivity contribution in [2.45, 2.75) is 0 Å². The van der Waals surface area contributed by atoms with E-state index in [1.807, 2.05) is 0 Å². The van der Waals surface area contributed by atoms with Gasteiger partial charge >= 0.3 is 0 Å². The monoisotopic (exact) mass is 247 g/mol. The van der Waals surface area contributed by atoms with Gasteiger partial charge in [-0.1, -0.05) is 0 Å². The molecule has 1 aliphatic rings. The van der Waals surface area contributed by atoms with E-state index in [1.54, 1.807) is 0 Å². The summed E-state index contributed by atoms with van der Waals surface area (Å²) in [5.74, 6) is -2.44. The number of anilines is 1. The van der Waals surface area contributed by atoms with Crippen molar-refractivity contribution in [3.63, 3.8) is 0 Å². The van der Waals surface area contributed by atoms with Crippen LogP contribution in [0.25, 0.3) is 0 Å². The lowest BCUT2D eigenvalue weighted by atomic mass is 10.2. The molecular weight excluding hydrogens is 240 g/mol. The summed E-state index contributed by atoms with van der Waals surface area (Å²) >= 11 is 5.42. The normalized spacial score (nSPS) is 14.3. The molecule has 1 aliphatic heterocycles. The van der Waals surface area contributed by atoms with Gasteiger partial charge in [-0.3, -0.25) is 4.79 Å². The first kappa shape index (κ1) is 11.1. The summed E-state index contributed by atoms with van der Waals surface area (Å²) in [6.45, 7) is 0.518. The van der Waals surface area contributed by atoms with E-state index in [4.69, 9.17) is 16.3 Å². The van der Waals surface area contributed by atoms with Crippen molar-refractivity contribution in [1.29, 1.82) is 0 Å². The van der Waals surface area contributed by atoms with Crippen molar-refractivity contribution in [2.75, 3.05) is 23.9 Å². The molecule has 86 valence electrons. The van der Waals surface area contributed by atoms with Gasteiger partial charge in [0, 0.05) is 12.1 Å². The van der Waals surface area contributed by atoms with E-state index in [0.29, 0.717) is 0 Å². The van der Waals surface area contributed by atoms with E-state index >= 15 is 0 Å². The van der Waals surface area contributed by atoms with Crippen LogP contribution < -0.4 is 9.64 Å². The van der Waals surface area contributed by atoms with Crippen LogP contribution in [0.3, 0.4) is 0 Å². The van der Waals surface area contributed by atoms with Gasteiger partial charge in [-0.25, -0.2) is 8.78 Å². The molecule has 0 N–H and O–H groups in total. The average molecular weight is 248 g/mol. The smallest absolute Gasteiger partial charge is 0.242 e. The lowest BCUT2D eigenvalue weighted by Gasteiger charge is -2.29. The zero-order valence-corrected chi connectivity index (χ0v) is 8.93. The minimum atomic E-state index is -1.02. The standard InChI is InChI=1S/C10H8ClF2NO2/c11-5-10(15)14-1-2-16-9-4-7(13)6(12)3-8(9)14/h3-4H,1-2,5H2. The highest BCUT2D eigenvalue weighted by Gasteiger charge is 2.25. The third kappa shape index (κ3) is 1.82. The highest BCUT2D eigenvalue weighted by molar-refractivity contribution is 6.29. The van der Waals surface area contributed by atoms with Crippen LogP contribution in [-0.2, 0) is 4.79 Å². The number of hydrogen-bond donors (Lipinski definition) is 0. The number of rotatable bonds is 1. The zero-order valence-electron chi connectivity index (χ0n) is 8.17. The quantitative estimate of drug-likeness (QED) is 0.710. The lowest BCUT2D eigenvalue weighted by molar-refractivity contribution is -0.116. The van der Waals surface area contributed by atoms with E-state index in [0.717, 1.165) is 12.1 Å². The van der Waals surface area contributed by atoms with Gasteiger partial charge in [-0.05, 0) is 0 Å². The Morgan fingerprint density at radius 3 is 2.81 bits per heavy atom. The molecule has 0 saturated carbocycles. The largest absolute Gasteiger partial charge is 0.489 e. The first-order valence-electron chi connectivity index (χ1n) is 4.61. The van der Waals surface area contributed by atoms with E-state index in [1.165, 1.54) is 4.90 Å². The molecule has 0 aromatic heterocycles. The van der Waals surface area contributed by atoms with Crippen LogP contribution in [0.2, 0.25) is 0 Å². The number of fused-ring (bicyclic) bond motifs is 1. The predicted octanol–water partition coefficient (Wildman–Crippen LogP) is 1.93. The van der Waals surface area contributed by atoms with Gasteiger partial charge in [0.25, 0.3) is 0 Å². The first-order chi connectivity index (χ1) is 7.63. The summed E-state index contributed by atoms with van der Waals surface area (Å²) in [5.41, 5.74) is 0.218. The molecule has 1 heterocycles. The summed E-state index contributed by atoms with van der Waals surface area (Å²) < 4.78 is 31.1. The Kier molecular flexibility index (Phi) is 2.96. The van der Waals surface area contributed by atoms with Gasteiger partial charge in [0.2, 0.25) is 5.91 Å². The number of hydrogen-bond acceptors (Lipinski definition) is 2. The van der Waals surface area contributed by atoms with Crippen molar-refractivity contribution >= 4 is 23.2 Å². The Hall–Kier alpha value is -1.36. The van der Waals surface area contributed by atoms with E-state index in [2.05, 4.69) is 0 Å². The highest BCUT2D eigenvalue weighted by atomic mass is 35.5. The molecule has 6 heteroatoms. The number of nitrogens with zero attached hydrogens (tertiary/aromatic N) is 1. The molecule has 0 unspecified atom stereocenters. The Balaban J connectivity index is 2.45. The number of benzene rings is 1. The molecule has 0 fully saturated rings. The average Bonchev–Trinajstić information content (AvgIpc) is 2.29. The van der Waals surface area contributed by atoms with Gasteiger partial charge in [-0.2, -0.15) is 0 Å². The maximum atomic E-state index is 13.0. The van der Waals surface area contributed by atoms with Gasteiger partial charge < -0.3 is 9.64 Å². The van der Waals surface area contributed by atoms with Crippen molar-refractivity contribution in [1.82, 2.24) is 0 Å². The number of halogens is 3. The maximum absolute atomic E-state index is 13.0. The Morgan fingerprint density at radius 2 is 2.12 bits per heavy atom. The summed E-state index contributed by atoms with van der Waals surface area (Å²) in [6, 6.07) is 1.87. The first-order valence-corrected chi connectivity index (χ1v) is 5.15. The Morgan fingerprint density at radius 1 is 1.44 bits per heavy atom. The molecule has 1 amide bonds. The van der Waals surface area contributed by atoms with Gasteiger partial charge in [0.05, 0.1) is 12.2 Å². The van der Waals surface area contributed by atoms with E-state index in [9.17, 15) is 13.6 Å². The van der Waals surface area contributed by atoms with Crippen LogP contribution in [0.5, 0.6) is 5.75 Å². The minimum Gasteiger partial charge on any atom is -0.489 e. The second-order valence-corrected chi connectivity index (χ2v) is 3.53. The second kappa shape index (κ2) is 4.25. The molecule has 0 aliphatic carbocycles. The summed E-state index contributed by atoms with van der Waals surface area (Å²) in [4.78, 5) is 12.7. The fourth-order valence-corrected chi connectivity index (χ4v) is 1.69. The molecular formula is C10H8ClF2NO2. The SMILES string of the molecule is O=C(CCl)N1CCOc2cc(F)c(F)cc21. The zero-order chi connectivity index (χ0) is 11.7. The van der Waals surface area contributed by atoms with Crippen molar-refractivity contribution in [3.05, 3.63) is 23.8 Å². The number of amides is 1. The van der Waals surface area contributed by atoms with Crippen LogP contribution in [-0.4, -0.2) is 24.9 Å². The Labute approximate surface area is 95.6 Å². The van der Waals surface area contributed by atoms with Crippen LogP contribution >= 0.6 is 11.6 Å². The molecule has 0 bridgehead atoms. The van der Waals surface area contributed by atoms with Crippen molar-refractivity contribution < 1.29 is 18.3 Å². The van der Waals surface area contributed by atoms with Crippen LogP contribution in [0.15, 0.2) is 12.1 Å². The molecule has 0 spiro atoms. The van der Waals surface area contributed by atoms with Crippen LogP contribution in [0.1, 0.15) is 0 Å². The second-order valence-electron chi connectivity index (χ2n) is 3.26. The summed E-state index contributed by atoms with van der Waals surface area (Å²) in [6.07, 6.45) is 0. The lowest BCUT2D eigenvalue weighted by Crippen LogP contribution is -2.38. The van der Waals surface area contributed by atoms with Crippen molar-refractivity contribution in [3.8, 4) is 5.75 Å². The number of ether oxygens (including phenoxy) is 1. The fourth-order valence-electron chi connectivity index (χ4n) is 1.54. The third-order valence-electron chi connectivity index (χ3n) is 2.28. The minimum absolute atomic E-state index is 0.156. The molecule has 1 aromatic rings. The summed E-state index contributed by atoms with van der Waals surface area (Å²) in [5, 5.41) is 0. The van der Waals surface area contributed by atoms with E-state index < -0.39 is 11.6 Å². The topological polar surface area (TPSA) is 29.5 Å². The fraction of sp³-hybridized carbons (Fsp3) is 0.300. The van der Waals surface area contributed by atoms with Gasteiger partial charge in [-0.15, -0.1) is 11.6 Å².